The van der Waals surface area contributed by atoms with Crippen molar-refractivity contribution in [3.63, 3.8) is 0 Å². The van der Waals surface area contributed by atoms with Crippen molar-refractivity contribution in [1.82, 2.24) is 0 Å². The predicted octanol–water partition coefficient (Wildman–Crippen LogP) is 4.17. The zero-order valence-electron chi connectivity index (χ0n) is 13.4. The van der Waals surface area contributed by atoms with E-state index in [1.54, 1.807) is 12.1 Å². The molecule has 0 radical (unpaired) electrons. The number of hydrogen-bond acceptors (Lipinski definition) is 2. The van der Waals surface area contributed by atoms with Gasteiger partial charge in [0.2, 0.25) is 0 Å². The molecule has 2 N–H and O–H groups in total. The van der Waals surface area contributed by atoms with Crippen LogP contribution in [0.25, 0.3) is 0 Å². The van der Waals surface area contributed by atoms with Crippen LogP contribution in [0.3, 0.4) is 0 Å². The van der Waals surface area contributed by atoms with E-state index in [0.29, 0.717) is 11.7 Å². The van der Waals surface area contributed by atoms with Crippen LogP contribution >= 0.6 is 0 Å². The van der Waals surface area contributed by atoms with Crippen molar-refractivity contribution in [2.75, 3.05) is 7.11 Å². The number of benzene rings is 1. The lowest BCUT2D eigenvalue weighted by molar-refractivity contribution is 0.202. The third-order valence-electron chi connectivity index (χ3n) is 5.05. The maximum atomic E-state index is 13.7. The van der Waals surface area contributed by atoms with Crippen LogP contribution in [0.1, 0.15) is 45.1 Å². The number of hydrogen-bond donors (Lipinski definition) is 1. The Morgan fingerprint density at radius 3 is 2.33 bits per heavy atom. The Kier molecular flexibility index (Phi) is 5.63. The van der Waals surface area contributed by atoms with Gasteiger partial charge in [-0.2, -0.15) is 0 Å². The van der Waals surface area contributed by atoms with Gasteiger partial charge in [-0.1, -0.05) is 19.9 Å². The summed E-state index contributed by atoms with van der Waals surface area (Å²) in [5.41, 5.74) is 7.33. The average molecular weight is 293 g/mol. The summed E-state index contributed by atoms with van der Waals surface area (Å²) in [6.07, 6.45) is 5.74. The first-order valence-corrected chi connectivity index (χ1v) is 8.09. The summed E-state index contributed by atoms with van der Waals surface area (Å²) >= 11 is 0. The second-order valence-electron chi connectivity index (χ2n) is 6.76. The summed E-state index contributed by atoms with van der Waals surface area (Å²) in [4.78, 5) is 0. The fraction of sp³-hybridized carbons (Fsp3) is 0.667. The molecular formula is C18H28FNO. The number of methoxy groups -OCH3 is 1. The second kappa shape index (κ2) is 7.26. The zero-order valence-corrected chi connectivity index (χ0v) is 13.4. The van der Waals surface area contributed by atoms with Crippen LogP contribution in [0.15, 0.2) is 18.2 Å². The molecule has 21 heavy (non-hydrogen) atoms. The van der Waals surface area contributed by atoms with Crippen molar-refractivity contribution in [3.8, 4) is 5.75 Å². The van der Waals surface area contributed by atoms with Crippen molar-refractivity contribution in [2.24, 2.45) is 23.5 Å². The van der Waals surface area contributed by atoms with Crippen LogP contribution in [-0.2, 0) is 6.42 Å². The molecule has 2 nitrogen and oxygen atoms in total. The third-order valence-corrected chi connectivity index (χ3v) is 5.05. The molecule has 1 aromatic carbocycles. The molecule has 0 saturated heterocycles. The molecular weight excluding hydrogens is 265 g/mol. The SMILES string of the molecule is COc1ccc(CC(N)C2CCC(C(C)C)CC2)cc1F. The summed E-state index contributed by atoms with van der Waals surface area (Å²) in [5.74, 6) is 2.20. The van der Waals surface area contributed by atoms with Crippen LogP contribution in [0.2, 0.25) is 0 Å². The third kappa shape index (κ3) is 4.19. The topological polar surface area (TPSA) is 35.2 Å². The monoisotopic (exact) mass is 293 g/mol. The molecule has 3 heteroatoms. The minimum atomic E-state index is -0.300. The fourth-order valence-corrected chi connectivity index (χ4v) is 3.52. The molecule has 1 atom stereocenters. The van der Waals surface area contributed by atoms with Gasteiger partial charge in [0.15, 0.2) is 11.6 Å². The molecule has 1 unspecified atom stereocenters. The standard InChI is InChI=1S/C18H28FNO/c1-12(2)14-5-7-15(8-6-14)17(20)11-13-4-9-18(21-3)16(19)10-13/h4,9-10,12,14-15,17H,5-8,11,20H2,1-3H3. The van der Waals surface area contributed by atoms with Crippen molar-refractivity contribution >= 4 is 0 Å². The van der Waals surface area contributed by atoms with Gasteiger partial charge in [-0.05, 0) is 67.6 Å². The van der Waals surface area contributed by atoms with E-state index < -0.39 is 0 Å². The summed E-state index contributed by atoms with van der Waals surface area (Å²) in [6, 6.07) is 5.29. The number of rotatable bonds is 5. The highest BCUT2D eigenvalue weighted by Crippen LogP contribution is 2.35. The van der Waals surface area contributed by atoms with Gasteiger partial charge in [0.25, 0.3) is 0 Å². The smallest absolute Gasteiger partial charge is 0.165 e. The molecule has 1 aliphatic carbocycles. The predicted molar refractivity (Wildman–Crippen MR) is 84.9 cm³/mol. The molecule has 1 aliphatic rings. The lowest BCUT2D eigenvalue weighted by Gasteiger charge is -2.34. The van der Waals surface area contributed by atoms with Gasteiger partial charge in [0.05, 0.1) is 7.11 Å². The highest BCUT2D eigenvalue weighted by molar-refractivity contribution is 5.29. The highest BCUT2D eigenvalue weighted by Gasteiger charge is 2.27. The minimum absolute atomic E-state index is 0.130. The zero-order chi connectivity index (χ0) is 15.4. The molecule has 2 rings (SSSR count). The van der Waals surface area contributed by atoms with E-state index in [0.717, 1.165) is 23.8 Å². The molecule has 1 saturated carbocycles. The molecule has 0 amide bonds. The van der Waals surface area contributed by atoms with Gasteiger partial charge >= 0.3 is 0 Å². The summed E-state index contributed by atoms with van der Waals surface area (Å²) in [5, 5.41) is 0. The maximum Gasteiger partial charge on any atom is 0.165 e. The Labute approximate surface area is 127 Å². The minimum Gasteiger partial charge on any atom is -0.494 e. The van der Waals surface area contributed by atoms with Gasteiger partial charge in [-0.3, -0.25) is 0 Å². The lowest BCUT2D eigenvalue weighted by atomic mass is 9.74. The van der Waals surface area contributed by atoms with Crippen LogP contribution in [-0.4, -0.2) is 13.2 Å². The van der Waals surface area contributed by atoms with Gasteiger partial charge in [-0.25, -0.2) is 4.39 Å². The number of halogens is 1. The largest absolute Gasteiger partial charge is 0.494 e. The van der Waals surface area contributed by atoms with Crippen LogP contribution in [0.4, 0.5) is 4.39 Å². The first-order valence-electron chi connectivity index (χ1n) is 8.09. The van der Waals surface area contributed by atoms with E-state index in [2.05, 4.69) is 13.8 Å². The normalized spacial score (nSPS) is 24.1. The van der Waals surface area contributed by atoms with Gasteiger partial charge < -0.3 is 10.5 Å². The van der Waals surface area contributed by atoms with Gasteiger partial charge in [-0.15, -0.1) is 0 Å². The number of nitrogens with two attached hydrogens (primary N) is 1. The fourth-order valence-electron chi connectivity index (χ4n) is 3.52. The Bertz CT molecular complexity index is 453. The van der Waals surface area contributed by atoms with Crippen molar-refractivity contribution < 1.29 is 9.13 Å². The Morgan fingerprint density at radius 2 is 1.81 bits per heavy atom. The number of ether oxygens (including phenoxy) is 1. The van der Waals surface area contributed by atoms with E-state index in [9.17, 15) is 4.39 Å². The first kappa shape index (κ1) is 16.3. The molecule has 0 spiro atoms. The van der Waals surface area contributed by atoms with Crippen LogP contribution in [0, 0.1) is 23.6 Å². The molecule has 1 aromatic rings. The van der Waals surface area contributed by atoms with E-state index >= 15 is 0 Å². The molecule has 0 heterocycles. The lowest BCUT2D eigenvalue weighted by Crippen LogP contribution is -2.35. The van der Waals surface area contributed by atoms with Crippen LogP contribution < -0.4 is 10.5 Å². The van der Waals surface area contributed by atoms with Crippen molar-refractivity contribution in [3.05, 3.63) is 29.6 Å². The quantitative estimate of drug-likeness (QED) is 0.884. The molecule has 0 bridgehead atoms. The van der Waals surface area contributed by atoms with E-state index in [1.165, 1.54) is 32.8 Å². The Morgan fingerprint density at radius 1 is 1.19 bits per heavy atom. The first-order chi connectivity index (χ1) is 10.0. The Balaban J connectivity index is 1.90. The molecule has 0 aromatic heterocycles. The van der Waals surface area contributed by atoms with Crippen molar-refractivity contribution in [2.45, 2.75) is 52.0 Å². The van der Waals surface area contributed by atoms with Gasteiger partial charge in [0.1, 0.15) is 0 Å². The maximum absolute atomic E-state index is 13.7. The molecule has 0 aliphatic heterocycles. The molecule has 1 fully saturated rings. The van der Waals surface area contributed by atoms with Gasteiger partial charge in [0, 0.05) is 6.04 Å². The molecule has 118 valence electrons. The highest BCUT2D eigenvalue weighted by atomic mass is 19.1. The summed E-state index contributed by atoms with van der Waals surface area (Å²) in [6.45, 7) is 4.62. The van der Waals surface area contributed by atoms with Crippen LogP contribution in [0.5, 0.6) is 5.75 Å². The summed E-state index contributed by atoms with van der Waals surface area (Å²) < 4.78 is 18.7. The second-order valence-corrected chi connectivity index (χ2v) is 6.76. The van der Waals surface area contributed by atoms with Crippen molar-refractivity contribution in [1.29, 1.82) is 0 Å². The van der Waals surface area contributed by atoms with E-state index in [1.807, 2.05) is 6.07 Å². The van der Waals surface area contributed by atoms with E-state index in [-0.39, 0.29) is 11.9 Å². The summed E-state index contributed by atoms with van der Waals surface area (Å²) in [7, 11) is 1.48. The average Bonchev–Trinajstić information content (AvgIpc) is 2.47. The Hall–Kier alpha value is -1.09. The van der Waals surface area contributed by atoms with E-state index in [4.69, 9.17) is 10.5 Å².